The van der Waals surface area contributed by atoms with Crippen LogP contribution in [-0.4, -0.2) is 41.8 Å². The second kappa shape index (κ2) is 8.97. The molecule has 2 N–H and O–H groups in total. The summed E-state index contributed by atoms with van der Waals surface area (Å²) >= 11 is 1.34. The molecule has 0 aliphatic carbocycles. The zero-order chi connectivity index (χ0) is 20.1. The summed E-state index contributed by atoms with van der Waals surface area (Å²) < 4.78 is 13.8. The summed E-state index contributed by atoms with van der Waals surface area (Å²) in [6.07, 6.45) is 1.24. The summed E-state index contributed by atoms with van der Waals surface area (Å²) in [6.45, 7) is 2.79. The number of thiophene rings is 1. The average Bonchev–Trinajstić information content (AvgIpc) is 3.16. The van der Waals surface area contributed by atoms with E-state index in [1.54, 1.807) is 23.1 Å². The van der Waals surface area contributed by atoms with Crippen LogP contribution in [-0.2, 0) is 11.3 Å². The van der Waals surface area contributed by atoms with Crippen molar-refractivity contribution in [2.75, 3.05) is 13.1 Å². The minimum Gasteiger partial charge on any atom is -0.351 e. The van der Waals surface area contributed by atoms with Gasteiger partial charge in [-0.25, -0.2) is 4.39 Å². The van der Waals surface area contributed by atoms with E-state index in [2.05, 4.69) is 10.6 Å². The summed E-state index contributed by atoms with van der Waals surface area (Å²) in [7, 11) is 0. The Morgan fingerprint density at radius 2 is 1.86 bits per heavy atom. The highest BCUT2D eigenvalue weighted by molar-refractivity contribution is 7.14. The SMILES string of the molecule is CC(=O)NCc1ccc(C(=O)NC2CCN(C(=O)c3ccccc3F)CC2)s1. The number of benzene rings is 1. The molecule has 1 aliphatic rings. The van der Waals surface area contributed by atoms with E-state index >= 15 is 0 Å². The molecule has 28 heavy (non-hydrogen) atoms. The van der Waals surface area contributed by atoms with Crippen molar-refractivity contribution in [3.05, 3.63) is 57.5 Å². The molecule has 0 bridgehead atoms. The van der Waals surface area contributed by atoms with Crippen molar-refractivity contribution in [1.29, 1.82) is 0 Å². The number of carbonyl (C=O) groups is 3. The first-order valence-electron chi connectivity index (χ1n) is 9.12. The van der Waals surface area contributed by atoms with Crippen molar-refractivity contribution < 1.29 is 18.8 Å². The molecule has 3 amide bonds. The van der Waals surface area contributed by atoms with Gasteiger partial charge < -0.3 is 15.5 Å². The van der Waals surface area contributed by atoms with Gasteiger partial charge in [0.1, 0.15) is 5.82 Å². The van der Waals surface area contributed by atoms with Crippen molar-refractivity contribution >= 4 is 29.1 Å². The van der Waals surface area contributed by atoms with Crippen LogP contribution in [0, 0.1) is 5.82 Å². The summed E-state index contributed by atoms with van der Waals surface area (Å²) in [5.74, 6) is -1.10. The predicted octanol–water partition coefficient (Wildman–Crippen LogP) is 2.56. The van der Waals surface area contributed by atoms with Crippen LogP contribution in [0.4, 0.5) is 4.39 Å². The third kappa shape index (κ3) is 4.95. The van der Waals surface area contributed by atoms with E-state index < -0.39 is 5.82 Å². The van der Waals surface area contributed by atoms with Gasteiger partial charge in [0, 0.05) is 30.9 Å². The van der Waals surface area contributed by atoms with Crippen molar-refractivity contribution in [3.63, 3.8) is 0 Å². The molecule has 0 atom stereocenters. The Morgan fingerprint density at radius 3 is 2.54 bits per heavy atom. The number of amides is 3. The fourth-order valence-electron chi connectivity index (χ4n) is 3.09. The largest absolute Gasteiger partial charge is 0.351 e. The Hall–Kier alpha value is -2.74. The normalized spacial score (nSPS) is 14.6. The lowest BCUT2D eigenvalue weighted by atomic mass is 10.0. The standard InChI is InChI=1S/C20H22FN3O3S/c1-13(25)22-12-15-6-7-18(28-15)19(26)23-14-8-10-24(11-9-14)20(27)16-4-2-3-5-17(16)21/h2-7,14H,8-12H2,1H3,(H,22,25)(H,23,26). The molecule has 1 fully saturated rings. The van der Waals surface area contributed by atoms with Gasteiger partial charge in [-0.05, 0) is 37.1 Å². The lowest BCUT2D eigenvalue weighted by Crippen LogP contribution is -2.46. The first-order valence-corrected chi connectivity index (χ1v) is 9.93. The van der Waals surface area contributed by atoms with Crippen LogP contribution in [0.1, 0.15) is 44.7 Å². The molecule has 1 aromatic heterocycles. The van der Waals surface area contributed by atoms with E-state index in [9.17, 15) is 18.8 Å². The molecule has 8 heteroatoms. The van der Waals surface area contributed by atoms with Gasteiger partial charge in [-0.3, -0.25) is 14.4 Å². The topological polar surface area (TPSA) is 78.5 Å². The molecular weight excluding hydrogens is 381 g/mol. The molecular formula is C20H22FN3O3S. The van der Waals surface area contributed by atoms with Gasteiger partial charge >= 0.3 is 0 Å². The maximum Gasteiger partial charge on any atom is 0.261 e. The Bertz CT molecular complexity index is 875. The highest BCUT2D eigenvalue weighted by Crippen LogP contribution is 2.19. The summed E-state index contributed by atoms with van der Waals surface area (Å²) in [5, 5.41) is 5.70. The van der Waals surface area contributed by atoms with E-state index in [1.807, 2.05) is 6.07 Å². The van der Waals surface area contributed by atoms with Crippen molar-refractivity contribution in [3.8, 4) is 0 Å². The van der Waals surface area contributed by atoms with Gasteiger partial charge in [-0.1, -0.05) is 12.1 Å². The molecule has 0 unspecified atom stereocenters. The van der Waals surface area contributed by atoms with Crippen LogP contribution < -0.4 is 10.6 Å². The third-order valence-electron chi connectivity index (χ3n) is 4.62. The Labute approximate surface area is 166 Å². The molecule has 1 aliphatic heterocycles. The maximum atomic E-state index is 13.8. The number of carbonyl (C=O) groups excluding carboxylic acids is 3. The Balaban J connectivity index is 1.50. The minimum atomic E-state index is -0.518. The molecule has 1 aromatic carbocycles. The maximum absolute atomic E-state index is 13.8. The number of nitrogens with one attached hydrogen (secondary N) is 2. The predicted molar refractivity (Wildman–Crippen MR) is 105 cm³/mol. The van der Waals surface area contributed by atoms with Crippen molar-refractivity contribution in [2.45, 2.75) is 32.4 Å². The number of rotatable bonds is 5. The number of nitrogens with zero attached hydrogens (tertiary/aromatic N) is 1. The smallest absolute Gasteiger partial charge is 0.261 e. The number of piperidine rings is 1. The van der Waals surface area contributed by atoms with E-state index in [-0.39, 0.29) is 29.3 Å². The molecule has 6 nitrogen and oxygen atoms in total. The summed E-state index contributed by atoms with van der Waals surface area (Å²) in [5.41, 5.74) is 0.0790. The van der Waals surface area contributed by atoms with Gasteiger partial charge in [0.25, 0.3) is 11.8 Å². The molecule has 148 valence electrons. The Kier molecular flexibility index (Phi) is 6.41. The lowest BCUT2D eigenvalue weighted by molar-refractivity contribution is -0.119. The molecule has 1 saturated heterocycles. The van der Waals surface area contributed by atoms with E-state index in [0.717, 1.165) is 4.88 Å². The van der Waals surface area contributed by atoms with Crippen LogP contribution in [0.2, 0.25) is 0 Å². The minimum absolute atomic E-state index is 0.0296. The number of halogens is 1. The first kappa shape index (κ1) is 20.0. The van der Waals surface area contributed by atoms with Crippen LogP contribution in [0.15, 0.2) is 36.4 Å². The van der Waals surface area contributed by atoms with Gasteiger partial charge in [-0.15, -0.1) is 11.3 Å². The van der Waals surface area contributed by atoms with E-state index in [4.69, 9.17) is 0 Å². The van der Waals surface area contributed by atoms with Crippen molar-refractivity contribution in [2.24, 2.45) is 0 Å². The molecule has 2 aromatic rings. The van der Waals surface area contributed by atoms with Gasteiger partial charge in [0.05, 0.1) is 17.0 Å². The fourth-order valence-corrected chi connectivity index (χ4v) is 3.95. The fraction of sp³-hybridized carbons (Fsp3) is 0.350. The van der Waals surface area contributed by atoms with Crippen LogP contribution >= 0.6 is 11.3 Å². The number of hydrogen-bond acceptors (Lipinski definition) is 4. The molecule has 0 radical (unpaired) electrons. The van der Waals surface area contributed by atoms with Gasteiger partial charge in [-0.2, -0.15) is 0 Å². The summed E-state index contributed by atoms with van der Waals surface area (Å²) in [4.78, 5) is 39.0. The van der Waals surface area contributed by atoms with Gasteiger partial charge in [0.15, 0.2) is 0 Å². The highest BCUT2D eigenvalue weighted by Gasteiger charge is 2.26. The van der Waals surface area contributed by atoms with E-state index in [0.29, 0.717) is 37.4 Å². The number of likely N-dealkylation sites (tertiary alicyclic amines) is 1. The molecule has 0 spiro atoms. The van der Waals surface area contributed by atoms with Crippen LogP contribution in [0.5, 0.6) is 0 Å². The monoisotopic (exact) mass is 403 g/mol. The lowest BCUT2D eigenvalue weighted by Gasteiger charge is -2.32. The average molecular weight is 403 g/mol. The first-order chi connectivity index (χ1) is 13.4. The van der Waals surface area contributed by atoms with Crippen LogP contribution in [0.3, 0.4) is 0 Å². The molecule has 2 heterocycles. The Morgan fingerprint density at radius 1 is 1.14 bits per heavy atom. The second-order valence-electron chi connectivity index (χ2n) is 6.70. The van der Waals surface area contributed by atoms with Crippen molar-refractivity contribution in [1.82, 2.24) is 15.5 Å². The summed E-state index contributed by atoms with van der Waals surface area (Å²) in [6, 6.07) is 9.50. The van der Waals surface area contributed by atoms with Gasteiger partial charge in [0.2, 0.25) is 5.91 Å². The zero-order valence-electron chi connectivity index (χ0n) is 15.5. The molecule has 3 rings (SSSR count). The zero-order valence-corrected chi connectivity index (χ0v) is 16.4. The molecule has 0 saturated carbocycles. The second-order valence-corrected chi connectivity index (χ2v) is 7.86. The van der Waals surface area contributed by atoms with Crippen LogP contribution in [0.25, 0.3) is 0 Å². The van der Waals surface area contributed by atoms with E-state index in [1.165, 1.54) is 30.4 Å². The number of hydrogen-bond donors (Lipinski definition) is 2. The quantitative estimate of drug-likeness (QED) is 0.805. The third-order valence-corrected chi connectivity index (χ3v) is 5.70. The highest BCUT2D eigenvalue weighted by atomic mass is 32.1.